The monoisotopic (exact) mass is 277 g/mol. The van der Waals surface area contributed by atoms with E-state index in [0.717, 1.165) is 29.0 Å². The van der Waals surface area contributed by atoms with E-state index in [4.69, 9.17) is 4.74 Å². The Hall–Kier alpha value is -1.69. The molecule has 1 saturated heterocycles. The normalized spacial score (nSPS) is 22.9. The van der Waals surface area contributed by atoms with E-state index < -0.39 is 5.41 Å². The molecule has 0 aliphatic carbocycles. The number of rotatable bonds is 2. The van der Waals surface area contributed by atoms with Crippen molar-refractivity contribution in [1.29, 1.82) is 0 Å². The van der Waals surface area contributed by atoms with Crippen molar-refractivity contribution in [2.45, 2.75) is 13.3 Å². The second-order valence-corrected chi connectivity index (χ2v) is 5.96. The van der Waals surface area contributed by atoms with Gasteiger partial charge < -0.3 is 9.64 Å². The van der Waals surface area contributed by atoms with E-state index in [2.05, 4.69) is 14.9 Å². The smallest absolute Gasteiger partial charge is 0.313 e. The number of methoxy groups -OCH3 is 1. The van der Waals surface area contributed by atoms with Gasteiger partial charge in [-0.15, -0.1) is 11.3 Å². The lowest BCUT2D eigenvalue weighted by molar-refractivity contribution is -0.150. The van der Waals surface area contributed by atoms with Crippen LogP contribution >= 0.6 is 11.3 Å². The van der Waals surface area contributed by atoms with E-state index in [1.807, 2.05) is 18.4 Å². The molecular formula is C13H15N3O2S. The highest BCUT2D eigenvalue weighted by molar-refractivity contribution is 7.16. The van der Waals surface area contributed by atoms with Crippen molar-refractivity contribution in [1.82, 2.24) is 9.97 Å². The highest BCUT2D eigenvalue weighted by Gasteiger charge is 2.42. The SMILES string of the molecule is COC(=O)C1(C)CCN(c2ncnc3sccc23)C1. The van der Waals surface area contributed by atoms with Crippen molar-refractivity contribution < 1.29 is 9.53 Å². The Morgan fingerprint density at radius 3 is 3.16 bits per heavy atom. The van der Waals surface area contributed by atoms with E-state index >= 15 is 0 Å². The second-order valence-electron chi connectivity index (χ2n) is 5.06. The predicted molar refractivity (Wildman–Crippen MR) is 74.4 cm³/mol. The van der Waals surface area contributed by atoms with Gasteiger partial charge in [0.15, 0.2) is 0 Å². The fraction of sp³-hybridized carbons (Fsp3) is 0.462. The average molecular weight is 277 g/mol. The van der Waals surface area contributed by atoms with Crippen molar-refractivity contribution in [3.63, 3.8) is 0 Å². The standard InChI is InChI=1S/C13H15N3O2S/c1-13(12(17)18-2)4-5-16(7-13)10-9-3-6-19-11(9)15-8-14-10/h3,6,8H,4-5,7H2,1-2H3. The molecule has 1 atom stereocenters. The van der Waals surface area contributed by atoms with Crippen LogP contribution in [0.3, 0.4) is 0 Å². The first-order valence-electron chi connectivity index (χ1n) is 6.16. The molecule has 5 nitrogen and oxygen atoms in total. The zero-order chi connectivity index (χ0) is 13.5. The second kappa shape index (κ2) is 4.45. The number of hydrogen-bond donors (Lipinski definition) is 0. The lowest BCUT2D eigenvalue weighted by Gasteiger charge is -2.22. The van der Waals surface area contributed by atoms with Gasteiger partial charge in [0.1, 0.15) is 17.0 Å². The molecule has 3 rings (SSSR count). The van der Waals surface area contributed by atoms with Gasteiger partial charge in [-0.3, -0.25) is 4.79 Å². The maximum Gasteiger partial charge on any atom is 0.313 e. The molecule has 2 aromatic rings. The number of carbonyl (C=O) groups excluding carboxylic acids is 1. The van der Waals surface area contributed by atoms with Crippen LogP contribution in [0.25, 0.3) is 10.2 Å². The minimum Gasteiger partial charge on any atom is -0.469 e. The number of thiophene rings is 1. The summed E-state index contributed by atoms with van der Waals surface area (Å²) in [6.45, 7) is 3.40. The molecule has 0 amide bonds. The Morgan fingerprint density at radius 1 is 1.53 bits per heavy atom. The predicted octanol–water partition coefficient (Wildman–Crippen LogP) is 2.08. The van der Waals surface area contributed by atoms with Crippen LogP contribution < -0.4 is 4.90 Å². The number of esters is 1. The summed E-state index contributed by atoms with van der Waals surface area (Å²) in [6.07, 6.45) is 2.37. The molecule has 3 heterocycles. The molecule has 1 aliphatic heterocycles. The molecule has 0 radical (unpaired) electrons. The van der Waals surface area contributed by atoms with Gasteiger partial charge in [-0.05, 0) is 24.8 Å². The van der Waals surface area contributed by atoms with Crippen LogP contribution in [0, 0.1) is 5.41 Å². The fourth-order valence-corrected chi connectivity index (χ4v) is 3.31. The van der Waals surface area contributed by atoms with Gasteiger partial charge in [-0.1, -0.05) is 0 Å². The van der Waals surface area contributed by atoms with Crippen molar-refractivity contribution in [2.75, 3.05) is 25.1 Å². The van der Waals surface area contributed by atoms with Crippen LogP contribution in [0.1, 0.15) is 13.3 Å². The zero-order valence-corrected chi connectivity index (χ0v) is 11.7. The first-order valence-corrected chi connectivity index (χ1v) is 7.03. The average Bonchev–Trinajstić information content (AvgIpc) is 3.04. The van der Waals surface area contributed by atoms with Gasteiger partial charge >= 0.3 is 5.97 Å². The van der Waals surface area contributed by atoms with Crippen molar-refractivity contribution in [3.8, 4) is 0 Å². The Morgan fingerprint density at radius 2 is 2.37 bits per heavy atom. The Labute approximate surface area is 115 Å². The molecule has 1 fully saturated rings. The van der Waals surface area contributed by atoms with Gasteiger partial charge in [0.2, 0.25) is 0 Å². The molecule has 1 aliphatic rings. The molecule has 0 N–H and O–H groups in total. The summed E-state index contributed by atoms with van der Waals surface area (Å²) in [5.41, 5.74) is -0.442. The lowest BCUT2D eigenvalue weighted by Crippen LogP contribution is -2.33. The first kappa shape index (κ1) is 12.3. The fourth-order valence-electron chi connectivity index (χ4n) is 2.58. The largest absolute Gasteiger partial charge is 0.469 e. The van der Waals surface area contributed by atoms with E-state index in [1.54, 1.807) is 17.7 Å². The minimum atomic E-state index is -0.442. The lowest BCUT2D eigenvalue weighted by atomic mass is 9.90. The molecule has 2 aromatic heterocycles. The summed E-state index contributed by atoms with van der Waals surface area (Å²) < 4.78 is 4.90. The molecule has 6 heteroatoms. The topological polar surface area (TPSA) is 55.3 Å². The third-order valence-electron chi connectivity index (χ3n) is 3.69. The van der Waals surface area contributed by atoms with Crippen LogP contribution in [0.2, 0.25) is 0 Å². The summed E-state index contributed by atoms with van der Waals surface area (Å²) in [7, 11) is 1.44. The Kier molecular flexibility index (Phi) is 2.89. The molecule has 100 valence electrons. The highest BCUT2D eigenvalue weighted by atomic mass is 32.1. The summed E-state index contributed by atoms with van der Waals surface area (Å²) in [4.78, 5) is 23.6. The molecule has 0 bridgehead atoms. The van der Waals surface area contributed by atoms with Crippen LogP contribution in [-0.2, 0) is 9.53 Å². The van der Waals surface area contributed by atoms with E-state index in [-0.39, 0.29) is 5.97 Å². The van der Waals surface area contributed by atoms with Crippen molar-refractivity contribution >= 4 is 33.3 Å². The maximum atomic E-state index is 11.8. The number of hydrogen-bond acceptors (Lipinski definition) is 6. The van der Waals surface area contributed by atoms with Gasteiger partial charge in [-0.2, -0.15) is 0 Å². The highest BCUT2D eigenvalue weighted by Crippen LogP contribution is 2.36. The van der Waals surface area contributed by atoms with Gasteiger partial charge in [-0.25, -0.2) is 9.97 Å². The van der Waals surface area contributed by atoms with Crippen LogP contribution in [0.15, 0.2) is 17.8 Å². The number of nitrogens with zero attached hydrogens (tertiary/aromatic N) is 3. The number of ether oxygens (including phenoxy) is 1. The number of carbonyl (C=O) groups is 1. The number of aromatic nitrogens is 2. The van der Waals surface area contributed by atoms with Crippen LogP contribution in [0.4, 0.5) is 5.82 Å². The molecule has 0 spiro atoms. The minimum absolute atomic E-state index is 0.148. The quantitative estimate of drug-likeness (QED) is 0.787. The van der Waals surface area contributed by atoms with E-state index in [9.17, 15) is 4.79 Å². The number of anilines is 1. The third-order valence-corrected chi connectivity index (χ3v) is 4.51. The summed E-state index contributed by atoms with van der Waals surface area (Å²) in [6, 6.07) is 2.03. The van der Waals surface area contributed by atoms with Gasteiger partial charge in [0.05, 0.1) is 17.9 Å². The number of fused-ring (bicyclic) bond motifs is 1. The molecule has 19 heavy (non-hydrogen) atoms. The Bertz CT molecular complexity index is 627. The molecule has 0 saturated carbocycles. The van der Waals surface area contributed by atoms with Crippen LogP contribution in [-0.4, -0.2) is 36.1 Å². The van der Waals surface area contributed by atoms with E-state index in [1.165, 1.54) is 7.11 Å². The summed E-state index contributed by atoms with van der Waals surface area (Å²) in [5, 5.41) is 3.07. The maximum absolute atomic E-state index is 11.8. The third kappa shape index (κ3) is 1.96. The Balaban J connectivity index is 1.93. The summed E-state index contributed by atoms with van der Waals surface area (Å²) in [5.74, 6) is 0.768. The van der Waals surface area contributed by atoms with Crippen LogP contribution in [0.5, 0.6) is 0 Å². The van der Waals surface area contributed by atoms with Gasteiger partial charge in [0.25, 0.3) is 0 Å². The molecule has 0 aromatic carbocycles. The molecule has 1 unspecified atom stereocenters. The van der Waals surface area contributed by atoms with E-state index in [0.29, 0.717) is 6.54 Å². The van der Waals surface area contributed by atoms with Crippen molar-refractivity contribution in [2.24, 2.45) is 5.41 Å². The zero-order valence-electron chi connectivity index (χ0n) is 10.9. The van der Waals surface area contributed by atoms with Gasteiger partial charge in [0, 0.05) is 13.1 Å². The van der Waals surface area contributed by atoms with Crippen molar-refractivity contribution in [3.05, 3.63) is 17.8 Å². The summed E-state index contributed by atoms with van der Waals surface area (Å²) >= 11 is 1.60. The molecular weight excluding hydrogens is 262 g/mol. The first-order chi connectivity index (χ1) is 9.14.